The van der Waals surface area contributed by atoms with E-state index in [-0.39, 0.29) is 5.56 Å². The zero-order valence-corrected chi connectivity index (χ0v) is 10.5. The first-order valence-corrected chi connectivity index (χ1v) is 5.64. The van der Waals surface area contributed by atoms with Gasteiger partial charge in [-0.3, -0.25) is 0 Å². The Morgan fingerprint density at radius 1 is 1.59 bits per heavy atom. The van der Waals surface area contributed by atoms with E-state index in [0.717, 1.165) is 13.1 Å². The second-order valence-corrected chi connectivity index (χ2v) is 4.24. The Kier molecular flexibility index (Phi) is 4.90. The van der Waals surface area contributed by atoms with Gasteiger partial charge in [-0.2, -0.15) is 0 Å². The van der Waals surface area contributed by atoms with Crippen molar-refractivity contribution in [3.05, 3.63) is 23.9 Å². The molecule has 5 nitrogen and oxygen atoms in total. The van der Waals surface area contributed by atoms with Crippen LogP contribution in [-0.2, 0) is 0 Å². The monoisotopic (exact) mass is 237 g/mol. The summed E-state index contributed by atoms with van der Waals surface area (Å²) in [6.45, 7) is 5.88. The zero-order chi connectivity index (χ0) is 12.8. The first-order valence-electron chi connectivity index (χ1n) is 5.64. The predicted octanol–water partition coefficient (Wildman–Crippen LogP) is 1.53. The highest BCUT2D eigenvalue weighted by atomic mass is 16.4. The molecule has 17 heavy (non-hydrogen) atoms. The SMILES string of the molecule is CC(C)N(C)CCNc1cc(C(=O)O)ccn1. The van der Waals surface area contributed by atoms with Crippen molar-refractivity contribution in [3.8, 4) is 0 Å². The summed E-state index contributed by atoms with van der Waals surface area (Å²) < 4.78 is 0. The number of pyridine rings is 1. The van der Waals surface area contributed by atoms with Gasteiger partial charge in [-0.25, -0.2) is 9.78 Å². The molecule has 2 N–H and O–H groups in total. The van der Waals surface area contributed by atoms with Gasteiger partial charge in [0.1, 0.15) is 5.82 Å². The normalized spacial score (nSPS) is 10.9. The van der Waals surface area contributed by atoms with E-state index < -0.39 is 5.97 Å². The summed E-state index contributed by atoms with van der Waals surface area (Å²) in [6, 6.07) is 3.51. The number of likely N-dealkylation sites (N-methyl/N-ethyl adjacent to an activating group) is 1. The van der Waals surface area contributed by atoms with Gasteiger partial charge in [-0.1, -0.05) is 0 Å². The summed E-state index contributed by atoms with van der Waals surface area (Å²) in [5.41, 5.74) is 0.250. The number of carboxylic acid groups (broad SMARTS) is 1. The predicted molar refractivity (Wildman–Crippen MR) is 67.5 cm³/mol. The van der Waals surface area contributed by atoms with E-state index in [0.29, 0.717) is 11.9 Å². The van der Waals surface area contributed by atoms with Gasteiger partial charge in [0.2, 0.25) is 0 Å². The summed E-state index contributed by atoms with van der Waals surface area (Å²) in [6.07, 6.45) is 1.50. The molecule has 0 unspecified atom stereocenters. The average molecular weight is 237 g/mol. The number of aromatic nitrogens is 1. The Morgan fingerprint density at radius 2 is 2.29 bits per heavy atom. The molecule has 0 amide bonds. The zero-order valence-electron chi connectivity index (χ0n) is 10.5. The molecule has 0 atom stereocenters. The molecule has 0 bridgehead atoms. The second-order valence-electron chi connectivity index (χ2n) is 4.24. The number of carbonyl (C=O) groups is 1. The molecule has 0 saturated carbocycles. The summed E-state index contributed by atoms with van der Waals surface area (Å²) in [4.78, 5) is 17.0. The summed E-state index contributed by atoms with van der Waals surface area (Å²) in [5.74, 6) is -0.336. The van der Waals surface area contributed by atoms with Crippen LogP contribution >= 0.6 is 0 Å². The number of nitrogens with zero attached hydrogens (tertiary/aromatic N) is 2. The summed E-state index contributed by atoms with van der Waals surface area (Å²) >= 11 is 0. The molecule has 0 radical (unpaired) electrons. The van der Waals surface area contributed by atoms with Crippen LogP contribution in [0.2, 0.25) is 0 Å². The lowest BCUT2D eigenvalue weighted by molar-refractivity contribution is 0.0697. The number of aromatic carboxylic acids is 1. The molecule has 0 aliphatic heterocycles. The Labute approximate surface area is 101 Å². The third-order valence-electron chi connectivity index (χ3n) is 2.66. The van der Waals surface area contributed by atoms with Gasteiger partial charge >= 0.3 is 5.97 Å². The molecule has 0 saturated heterocycles. The highest BCUT2D eigenvalue weighted by Crippen LogP contribution is 2.06. The lowest BCUT2D eigenvalue weighted by atomic mass is 10.2. The van der Waals surface area contributed by atoms with E-state index in [4.69, 9.17) is 5.11 Å². The third-order valence-corrected chi connectivity index (χ3v) is 2.66. The lowest BCUT2D eigenvalue weighted by Gasteiger charge is -2.21. The lowest BCUT2D eigenvalue weighted by Crippen LogP contribution is -2.31. The van der Waals surface area contributed by atoms with E-state index in [1.165, 1.54) is 18.3 Å². The maximum Gasteiger partial charge on any atom is 0.335 e. The number of hydrogen-bond donors (Lipinski definition) is 2. The van der Waals surface area contributed by atoms with Crippen LogP contribution in [0.1, 0.15) is 24.2 Å². The maximum absolute atomic E-state index is 10.8. The molecular weight excluding hydrogens is 218 g/mol. The highest BCUT2D eigenvalue weighted by molar-refractivity contribution is 5.88. The molecule has 0 fully saturated rings. The highest BCUT2D eigenvalue weighted by Gasteiger charge is 2.05. The number of hydrogen-bond acceptors (Lipinski definition) is 4. The first-order chi connectivity index (χ1) is 8.00. The minimum absolute atomic E-state index is 0.250. The minimum atomic E-state index is -0.935. The molecule has 0 spiro atoms. The van der Waals surface area contributed by atoms with Crippen molar-refractivity contribution in [1.29, 1.82) is 0 Å². The van der Waals surface area contributed by atoms with Crippen LogP contribution in [0, 0.1) is 0 Å². The van der Waals surface area contributed by atoms with Crippen molar-refractivity contribution >= 4 is 11.8 Å². The molecule has 1 rings (SSSR count). The van der Waals surface area contributed by atoms with Crippen LogP contribution in [0.4, 0.5) is 5.82 Å². The van der Waals surface area contributed by atoms with Crippen molar-refractivity contribution in [2.45, 2.75) is 19.9 Å². The fourth-order valence-electron chi connectivity index (χ4n) is 1.28. The van der Waals surface area contributed by atoms with Crippen LogP contribution < -0.4 is 5.32 Å². The van der Waals surface area contributed by atoms with Gasteiger partial charge in [0.25, 0.3) is 0 Å². The Hall–Kier alpha value is -1.62. The standard InChI is InChI=1S/C12H19N3O2/c1-9(2)15(3)7-6-14-11-8-10(12(16)17)4-5-13-11/h4-5,8-9H,6-7H2,1-3H3,(H,13,14)(H,16,17). The van der Waals surface area contributed by atoms with E-state index in [2.05, 4.69) is 29.0 Å². The van der Waals surface area contributed by atoms with Crippen molar-refractivity contribution in [1.82, 2.24) is 9.88 Å². The number of anilines is 1. The molecule has 0 aliphatic carbocycles. The van der Waals surface area contributed by atoms with Crippen molar-refractivity contribution < 1.29 is 9.90 Å². The second kappa shape index (κ2) is 6.20. The van der Waals surface area contributed by atoms with E-state index >= 15 is 0 Å². The fourth-order valence-corrected chi connectivity index (χ4v) is 1.28. The molecule has 0 aromatic carbocycles. The van der Waals surface area contributed by atoms with Crippen LogP contribution in [0.3, 0.4) is 0 Å². The molecule has 1 aromatic heterocycles. The van der Waals surface area contributed by atoms with Crippen LogP contribution in [-0.4, -0.2) is 47.1 Å². The molecule has 0 aliphatic rings. The topological polar surface area (TPSA) is 65.5 Å². The Bertz CT molecular complexity index is 380. The van der Waals surface area contributed by atoms with Crippen LogP contribution in [0.15, 0.2) is 18.3 Å². The third kappa shape index (κ3) is 4.40. The molecule has 94 valence electrons. The quantitative estimate of drug-likeness (QED) is 0.785. The Balaban J connectivity index is 2.47. The minimum Gasteiger partial charge on any atom is -0.478 e. The largest absolute Gasteiger partial charge is 0.478 e. The first kappa shape index (κ1) is 13.4. The van der Waals surface area contributed by atoms with Crippen LogP contribution in [0.5, 0.6) is 0 Å². The molecule has 1 heterocycles. The smallest absolute Gasteiger partial charge is 0.335 e. The number of carboxylic acids is 1. The van der Waals surface area contributed by atoms with E-state index in [9.17, 15) is 4.79 Å². The van der Waals surface area contributed by atoms with Crippen molar-refractivity contribution in [3.63, 3.8) is 0 Å². The van der Waals surface area contributed by atoms with E-state index in [1.807, 2.05) is 7.05 Å². The summed E-state index contributed by atoms with van der Waals surface area (Å²) in [5, 5.41) is 11.9. The van der Waals surface area contributed by atoms with Gasteiger partial charge in [0.05, 0.1) is 5.56 Å². The van der Waals surface area contributed by atoms with Crippen LogP contribution in [0.25, 0.3) is 0 Å². The Morgan fingerprint density at radius 3 is 2.88 bits per heavy atom. The maximum atomic E-state index is 10.8. The molecular formula is C12H19N3O2. The molecule has 5 heteroatoms. The van der Waals surface area contributed by atoms with Gasteiger partial charge in [-0.05, 0) is 33.0 Å². The van der Waals surface area contributed by atoms with Gasteiger partial charge in [-0.15, -0.1) is 0 Å². The van der Waals surface area contributed by atoms with Gasteiger partial charge < -0.3 is 15.3 Å². The van der Waals surface area contributed by atoms with Gasteiger partial charge in [0.15, 0.2) is 0 Å². The van der Waals surface area contributed by atoms with Crippen molar-refractivity contribution in [2.24, 2.45) is 0 Å². The van der Waals surface area contributed by atoms with E-state index in [1.54, 1.807) is 0 Å². The number of rotatable bonds is 6. The van der Waals surface area contributed by atoms with Gasteiger partial charge in [0, 0.05) is 25.3 Å². The number of nitrogens with one attached hydrogen (secondary N) is 1. The summed E-state index contributed by atoms with van der Waals surface area (Å²) in [7, 11) is 2.05. The van der Waals surface area contributed by atoms with Crippen molar-refractivity contribution in [2.75, 3.05) is 25.5 Å². The average Bonchev–Trinajstić information content (AvgIpc) is 2.29. The fraction of sp³-hybridized carbons (Fsp3) is 0.500. The molecule has 1 aromatic rings.